The highest BCUT2D eigenvalue weighted by molar-refractivity contribution is 5.79. The van der Waals surface area contributed by atoms with Crippen LogP contribution in [0.3, 0.4) is 0 Å². The molecule has 2 saturated carbocycles. The van der Waals surface area contributed by atoms with Gasteiger partial charge in [0.05, 0.1) is 17.9 Å². The minimum atomic E-state index is 0.567. The van der Waals surface area contributed by atoms with Crippen molar-refractivity contribution in [2.24, 2.45) is 16.3 Å². The summed E-state index contributed by atoms with van der Waals surface area (Å²) >= 11 is 0. The molecule has 0 spiro atoms. The Kier molecular flexibility index (Phi) is 4.94. The van der Waals surface area contributed by atoms with Gasteiger partial charge in [0, 0.05) is 18.8 Å². The van der Waals surface area contributed by atoms with Crippen LogP contribution in [0, 0.1) is 25.2 Å². The molecule has 0 saturated heterocycles. The average Bonchev–Trinajstić information content (AvgIpc) is 3.56. The van der Waals surface area contributed by atoms with Gasteiger partial charge in [0.15, 0.2) is 5.96 Å². The molecule has 27 heavy (non-hydrogen) atoms. The number of aliphatic imine (C=N–C) groups is 1. The first-order chi connectivity index (χ1) is 13.1. The maximum atomic E-state index is 4.87. The van der Waals surface area contributed by atoms with Gasteiger partial charge in [-0.15, -0.1) is 0 Å². The molecular weight excluding hydrogens is 334 g/mol. The monoisotopic (exact) mass is 365 g/mol. The maximum absolute atomic E-state index is 4.87. The van der Waals surface area contributed by atoms with Crippen molar-refractivity contribution in [1.82, 2.24) is 20.4 Å². The molecule has 0 atom stereocenters. The normalized spacial score (nSPS) is 18.4. The van der Waals surface area contributed by atoms with E-state index < -0.39 is 0 Å². The number of benzene rings is 1. The summed E-state index contributed by atoms with van der Waals surface area (Å²) in [6.07, 6.45) is 5.60. The van der Waals surface area contributed by atoms with Crippen LogP contribution in [0.15, 0.2) is 35.3 Å². The van der Waals surface area contributed by atoms with Gasteiger partial charge in [-0.1, -0.05) is 18.2 Å². The second-order valence-electron chi connectivity index (χ2n) is 8.15. The molecule has 0 radical (unpaired) electrons. The molecule has 1 aromatic heterocycles. The Bertz CT molecular complexity index is 827. The van der Waals surface area contributed by atoms with Gasteiger partial charge in [-0.2, -0.15) is 5.10 Å². The van der Waals surface area contributed by atoms with Crippen LogP contribution in [0.4, 0.5) is 0 Å². The van der Waals surface area contributed by atoms with Gasteiger partial charge >= 0.3 is 0 Å². The van der Waals surface area contributed by atoms with Crippen molar-refractivity contribution in [3.63, 3.8) is 0 Å². The van der Waals surface area contributed by atoms with Crippen LogP contribution in [-0.2, 0) is 6.54 Å². The summed E-state index contributed by atoms with van der Waals surface area (Å²) in [6, 6.07) is 10.5. The third-order valence-electron chi connectivity index (χ3n) is 5.92. The highest BCUT2D eigenvalue weighted by Gasteiger charge is 2.53. The average molecular weight is 366 g/mol. The Morgan fingerprint density at radius 3 is 2.63 bits per heavy atom. The Balaban J connectivity index is 1.49. The Morgan fingerprint density at radius 1 is 1.22 bits per heavy atom. The lowest BCUT2D eigenvalue weighted by Crippen LogP contribution is -2.40. The molecule has 0 bridgehead atoms. The van der Waals surface area contributed by atoms with Crippen LogP contribution >= 0.6 is 0 Å². The van der Waals surface area contributed by atoms with E-state index in [0.29, 0.717) is 12.0 Å². The summed E-state index contributed by atoms with van der Waals surface area (Å²) in [6.45, 7) is 8.82. The Hall–Kier alpha value is -2.30. The van der Waals surface area contributed by atoms with Crippen molar-refractivity contribution < 1.29 is 0 Å². The third-order valence-corrected chi connectivity index (χ3v) is 5.92. The van der Waals surface area contributed by atoms with Gasteiger partial charge in [-0.3, -0.25) is 0 Å². The fourth-order valence-corrected chi connectivity index (χ4v) is 4.08. The lowest BCUT2D eigenvalue weighted by atomic mass is 10.0. The van der Waals surface area contributed by atoms with Gasteiger partial charge in [0.1, 0.15) is 0 Å². The fourth-order valence-electron chi connectivity index (χ4n) is 4.08. The molecule has 5 nitrogen and oxygen atoms in total. The van der Waals surface area contributed by atoms with Gasteiger partial charge in [-0.05, 0) is 75.5 Å². The number of para-hydroxylation sites is 1. The van der Waals surface area contributed by atoms with Crippen LogP contribution < -0.4 is 10.6 Å². The van der Waals surface area contributed by atoms with E-state index in [1.54, 1.807) is 0 Å². The fraction of sp³-hybridized carbons (Fsp3) is 0.545. The zero-order valence-electron chi connectivity index (χ0n) is 16.8. The predicted molar refractivity (Wildman–Crippen MR) is 110 cm³/mol. The standard InChI is InChI=1S/C22H31N5/c1-4-23-21(25-15-22(11-12-22)19-9-10-19)24-14-18-7-5-6-8-20(18)27-17(3)13-16(2)26-27/h5-8,13,19H,4,9-12,14-15H2,1-3H3,(H2,23,24,25). The largest absolute Gasteiger partial charge is 0.357 e. The number of guanidine groups is 1. The molecule has 2 aliphatic rings. The Labute approximate surface area is 162 Å². The Morgan fingerprint density at radius 2 is 2.00 bits per heavy atom. The quantitative estimate of drug-likeness (QED) is 0.581. The topological polar surface area (TPSA) is 54.2 Å². The van der Waals surface area contributed by atoms with Crippen molar-refractivity contribution in [3.8, 4) is 5.69 Å². The zero-order chi connectivity index (χ0) is 18.9. The summed E-state index contributed by atoms with van der Waals surface area (Å²) in [5, 5.41) is 11.7. The van der Waals surface area contributed by atoms with E-state index in [2.05, 4.69) is 59.9 Å². The molecule has 1 heterocycles. The van der Waals surface area contributed by atoms with E-state index in [-0.39, 0.29) is 0 Å². The van der Waals surface area contributed by atoms with Crippen LogP contribution in [0.5, 0.6) is 0 Å². The van der Waals surface area contributed by atoms with Crippen molar-refractivity contribution in [2.45, 2.75) is 53.0 Å². The van der Waals surface area contributed by atoms with E-state index in [4.69, 9.17) is 4.99 Å². The second-order valence-corrected chi connectivity index (χ2v) is 8.15. The van der Waals surface area contributed by atoms with Crippen molar-refractivity contribution in [1.29, 1.82) is 0 Å². The second kappa shape index (κ2) is 7.37. The first kappa shape index (κ1) is 18.1. The molecule has 2 aromatic rings. The molecule has 2 fully saturated rings. The molecule has 0 amide bonds. The van der Waals surface area contributed by atoms with Crippen molar-refractivity contribution in [3.05, 3.63) is 47.3 Å². The molecule has 0 unspecified atom stereocenters. The predicted octanol–water partition coefficient (Wildman–Crippen LogP) is 3.73. The lowest BCUT2D eigenvalue weighted by molar-refractivity contribution is 0.431. The molecular formula is C22H31N5. The maximum Gasteiger partial charge on any atom is 0.191 e. The van der Waals surface area contributed by atoms with Gasteiger partial charge in [0.2, 0.25) is 0 Å². The number of aromatic nitrogens is 2. The number of rotatable bonds is 7. The molecule has 2 N–H and O–H groups in total. The van der Waals surface area contributed by atoms with Crippen LogP contribution in [0.1, 0.15) is 49.6 Å². The van der Waals surface area contributed by atoms with Crippen molar-refractivity contribution >= 4 is 5.96 Å². The molecule has 5 heteroatoms. The number of hydrogen-bond donors (Lipinski definition) is 2. The molecule has 4 rings (SSSR count). The van der Waals surface area contributed by atoms with E-state index in [1.807, 2.05) is 11.6 Å². The first-order valence-electron chi connectivity index (χ1n) is 10.2. The lowest BCUT2D eigenvalue weighted by Gasteiger charge is -2.18. The number of nitrogens with zero attached hydrogens (tertiary/aromatic N) is 3. The molecule has 2 aliphatic carbocycles. The third kappa shape index (κ3) is 4.02. The SMILES string of the molecule is CCNC(=NCc1ccccc1-n1nc(C)cc1C)NCC1(C2CC2)CC1. The smallest absolute Gasteiger partial charge is 0.191 e. The number of aryl methyl sites for hydroxylation is 2. The van der Waals surface area contributed by atoms with Gasteiger partial charge in [-0.25, -0.2) is 9.67 Å². The molecule has 0 aliphatic heterocycles. The number of nitrogens with one attached hydrogen (secondary N) is 2. The minimum Gasteiger partial charge on any atom is -0.357 e. The summed E-state index contributed by atoms with van der Waals surface area (Å²) in [7, 11) is 0. The van der Waals surface area contributed by atoms with E-state index in [9.17, 15) is 0 Å². The molecule has 144 valence electrons. The van der Waals surface area contributed by atoms with Gasteiger partial charge in [0.25, 0.3) is 0 Å². The van der Waals surface area contributed by atoms with Crippen LogP contribution in [0.2, 0.25) is 0 Å². The van der Waals surface area contributed by atoms with E-state index in [1.165, 1.54) is 31.2 Å². The van der Waals surface area contributed by atoms with Crippen LogP contribution in [0.25, 0.3) is 5.69 Å². The van der Waals surface area contributed by atoms with Crippen molar-refractivity contribution in [2.75, 3.05) is 13.1 Å². The van der Waals surface area contributed by atoms with Gasteiger partial charge < -0.3 is 10.6 Å². The first-order valence-corrected chi connectivity index (χ1v) is 10.2. The summed E-state index contributed by atoms with van der Waals surface area (Å²) in [5.41, 5.74) is 5.05. The highest BCUT2D eigenvalue weighted by Crippen LogP contribution is 2.60. The molecule has 1 aromatic carbocycles. The summed E-state index contributed by atoms with van der Waals surface area (Å²) in [4.78, 5) is 4.87. The highest BCUT2D eigenvalue weighted by atomic mass is 15.3. The minimum absolute atomic E-state index is 0.567. The van der Waals surface area contributed by atoms with E-state index >= 15 is 0 Å². The summed E-state index contributed by atoms with van der Waals surface area (Å²) < 4.78 is 2.02. The number of hydrogen-bond acceptors (Lipinski definition) is 2. The zero-order valence-corrected chi connectivity index (χ0v) is 16.8. The summed E-state index contributed by atoms with van der Waals surface area (Å²) in [5.74, 6) is 1.88. The van der Waals surface area contributed by atoms with E-state index in [0.717, 1.165) is 42.0 Å². The van der Waals surface area contributed by atoms with Crippen LogP contribution in [-0.4, -0.2) is 28.8 Å².